The third kappa shape index (κ3) is 4.94. The van der Waals surface area contributed by atoms with Crippen molar-refractivity contribution < 1.29 is 14.1 Å². The van der Waals surface area contributed by atoms with Crippen molar-refractivity contribution in [3.63, 3.8) is 0 Å². The van der Waals surface area contributed by atoms with Gasteiger partial charge < -0.3 is 14.2 Å². The molecule has 1 aromatic heterocycles. The highest BCUT2D eigenvalue weighted by molar-refractivity contribution is 5.83. The lowest BCUT2D eigenvalue weighted by Gasteiger charge is -2.18. The molecule has 4 aromatic rings. The Labute approximate surface area is 182 Å². The van der Waals surface area contributed by atoms with E-state index in [1.807, 2.05) is 57.3 Å². The molecule has 3 aromatic carbocycles. The van der Waals surface area contributed by atoms with Crippen LogP contribution in [-0.2, 0) is 24.4 Å². The standard InChI is InChI=1S/C26H26N2O3/c1-18-25(19(2)31-27-18)17-30-24-12-9-20(10-13-24)15-26(29)28(3)16-21-8-11-22-6-4-5-7-23(22)14-21/h4-14H,15-17H2,1-3H3. The molecule has 0 unspecified atom stereocenters. The fourth-order valence-corrected chi connectivity index (χ4v) is 3.58. The second-order valence-electron chi connectivity index (χ2n) is 7.84. The molecule has 0 radical (unpaired) electrons. The number of amides is 1. The molecule has 0 atom stereocenters. The van der Waals surface area contributed by atoms with Gasteiger partial charge in [0.1, 0.15) is 18.1 Å². The fourth-order valence-electron chi connectivity index (χ4n) is 3.58. The van der Waals surface area contributed by atoms with Crippen molar-refractivity contribution in [3.8, 4) is 5.75 Å². The number of aryl methyl sites for hydroxylation is 2. The summed E-state index contributed by atoms with van der Waals surface area (Å²) in [7, 11) is 1.85. The van der Waals surface area contributed by atoms with Gasteiger partial charge in [0, 0.05) is 13.6 Å². The van der Waals surface area contributed by atoms with Crippen molar-refractivity contribution in [2.45, 2.75) is 33.4 Å². The van der Waals surface area contributed by atoms with Crippen molar-refractivity contribution in [1.29, 1.82) is 0 Å². The largest absolute Gasteiger partial charge is 0.489 e. The monoisotopic (exact) mass is 414 g/mol. The van der Waals surface area contributed by atoms with Crippen molar-refractivity contribution in [2.24, 2.45) is 0 Å². The van der Waals surface area contributed by atoms with E-state index in [0.29, 0.717) is 19.6 Å². The molecule has 5 nitrogen and oxygen atoms in total. The zero-order chi connectivity index (χ0) is 21.8. The minimum absolute atomic E-state index is 0.0811. The fraction of sp³-hybridized carbons (Fsp3) is 0.231. The molecule has 0 N–H and O–H groups in total. The molecule has 1 amide bonds. The predicted molar refractivity (Wildman–Crippen MR) is 121 cm³/mol. The van der Waals surface area contributed by atoms with Gasteiger partial charge in [0.25, 0.3) is 0 Å². The molecular weight excluding hydrogens is 388 g/mol. The van der Waals surface area contributed by atoms with E-state index in [4.69, 9.17) is 9.26 Å². The summed E-state index contributed by atoms with van der Waals surface area (Å²) < 4.78 is 11.0. The Morgan fingerprint density at radius 2 is 1.68 bits per heavy atom. The van der Waals surface area contributed by atoms with Crippen LogP contribution in [0.15, 0.2) is 71.3 Å². The third-order valence-corrected chi connectivity index (χ3v) is 5.50. The summed E-state index contributed by atoms with van der Waals surface area (Å²) in [5.41, 5.74) is 3.89. The lowest BCUT2D eigenvalue weighted by Crippen LogP contribution is -2.27. The van der Waals surface area contributed by atoms with E-state index < -0.39 is 0 Å². The van der Waals surface area contributed by atoms with Crippen LogP contribution in [0.2, 0.25) is 0 Å². The maximum absolute atomic E-state index is 12.7. The van der Waals surface area contributed by atoms with E-state index >= 15 is 0 Å². The third-order valence-electron chi connectivity index (χ3n) is 5.50. The highest BCUT2D eigenvalue weighted by atomic mass is 16.5. The Morgan fingerprint density at radius 3 is 2.39 bits per heavy atom. The van der Waals surface area contributed by atoms with E-state index in [9.17, 15) is 4.79 Å². The molecule has 158 valence electrons. The Bertz CT molecular complexity index is 1180. The van der Waals surface area contributed by atoms with E-state index in [2.05, 4.69) is 35.5 Å². The summed E-state index contributed by atoms with van der Waals surface area (Å²) >= 11 is 0. The first-order chi connectivity index (χ1) is 15.0. The number of hydrogen-bond donors (Lipinski definition) is 0. The minimum atomic E-state index is 0.0811. The van der Waals surface area contributed by atoms with Crippen LogP contribution in [0.25, 0.3) is 10.8 Å². The van der Waals surface area contributed by atoms with Gasteiger partial charge in [-0.25, -0.2) is 0 Å². The van der Waals surface area contributed by atoms with Gasteiger partial charge in [-0.3, -0.25) is 4.79 Å². The molecule has 0 fully saturated rings. The van der Waals surface area contributed by atoms with Gasteiger partial charge in [0.05, 0.1) is 17.7 Å². The molecule has 0 saturated heterocycles. The van der Waals surface area contributed by atoms with Gasteiger partial charge in [-0.1, -0.05) is 53.7 Å². The number of carbonyl (C=O) groups is 1. The predicted octanol–water partition coefficient (Wildman–Crippen LogP) is 5.22. The average Bonchev–Trinajstić information content (AvgIpc) is 3.10. The highest BCUT2D eigenvalue weighted by Gasteiger charge is 2.12. The number of aromatic nitrogens is 1. The topological polar surface area (TPSA) is 55.6 Å². The summed E-state index contributed by atoms with van der Waals surface area (Å²) in [6, 6.07) is 22.2. The minimum Gasteiger partial charge on any atom is -0.489 e. The number of benzene rings is 3. The van der Waals surface area contributed by atoms with Crippen LogP contribution < -0.4 is 4.74 Å². The summed E-state index contributed by atoms with van der Waals surface area (Å²) in [4.78, 5) is 14.5. The summed E-state index contributed by atoms with van der Waals surface area (Å²) in [6.45, 7) is 4.77. The number of nitrogens with zero attached hydrogens (tertiary/aromatic N) is 2. The number of fused-ring (bicyclic) bond motifs is 1. The first kappa shape index (κ1) is 20.7. The van der Waals surface area contributed by atoms with Crippen LogP contribution in [0, 0.1) is 13.8 Å². The molecule has 1 heterocycles. The number of ether oxygens (including phenoxy) is 1. The number of likely N-dealkylation sites (N-methyl/N-ethyl adjacent to an activating group) is 1. The number of carbonyl (C=O) groups excluding carboxylic acids is 1. The molecule has 31 heavy (non-hydrogen) atoms. The molecule has 0 aliphatic carbocycles. The first-order valence-electron chi connectivity index (χ1n) is 10.3. The van der Waals surface area contributed by atoms with Crippen LogP contribution in [0.3, 0.4) is 0 Å². The second-order valence-corrected chi connectivity index (χ2v) is 7.84. The highest BCUT2D eigenvalue weighted by Crippen LogP contribution is 2.19. The van der Waals surface area contributed by atoms with Gasteiger partial charge in [-0.15, -0.1) is 0 Å². The molecule has 0 spiro atoms. The van der Waals surface area contributed by atoms with Crippen LogP contribution >= 0.6 is 0 Å². The van der Waals surface area contributed by atoms with Crippen molar-refractivity contribution >= 4 is 16.7 Å². The van der Waals surface area contributed by atoms with Crippen LogP contribution in [0.4, 0.5) is 0 Å². The number of hydrogen-bond acceptors (Lipinski definition) is 4. The zero-order valence-corrected chi connectivity index (χ0v) is 18.1. The second kappa shape index (κ2) is 9.04. The molecule has 4 rings (SSSR count). The quantitative estimate of drug-likeness (QED) is 0.416. The number of rotatable bonds is 7. The van der Waals surface area contributed by atoms with Crippen LogP contribution in [0.5, 0.6) is 5.75 Å². The summed E-state index contributed by atoms with van der Waals surface area (Å²) in [6.07, 6.45) is 0.355. The Hall–Kier alpha value is -3.60. The molecule has 0 aliphatic heterocycles. The van der Waals surface area contributed by atoms with Gasteiger partial charge in [-0.2, -0.15) is 0 Å². The normalized spacial score (nSPS) is 10.9. The van der Waals surface area contributed by atoms with Crippen molar-refractivity contribution in [3.05, 3.63) is 94.9 Å². The lowest BCUT2D eigenvalue weighted by molar-refractivity contribution is -0.129. The zero-order valence-electron chi connectivity index (χ0n) is 18.1. The van der Waals surface area contributed by atoms with Gasteiger partial charge in [0.2, 0.25) is 5.91 Å². The lowest BCUT2D eigenvalue weighted by atomic mass is 10.1. The molecular formula is C26H26N2O3. The average molecular weight is 415 g/mol. The Kier molecular flexibility index (Phi) is 6.03. The van der Waals surface area contributed by atoms with Crippen LogP contribution in [-0.4, -0.2) is 23.0 Å². The van der Waals surface area contributed by atoms with Gasteiger partial charge in [0.15, 0.2) is 0 Å². The molecule has 0 aliphatic rings. The maximum Gasteiger partial charge on any atom is 0.227 e. The smallest absolute Gasteiger partial charge is 0.227 e. The van der Waals surface area contributed by atoms with E-state index in [1.54, 1.807) is 4.90 Å². The van der Waals surface area contributed by atoms with Crippen molar-refractivity contribution in [1.82, 2.24) is 10.1 Å². The van der Waals surface area contributed by atoms with Gasteiger partial charge >= 0.3 is 0 Å². The Morgan fingerprint density at radius 1 is 0.968 bits per heavy atom. The SMILES string of the molecule is Cc1noc(C)c1COc1ccc(CC(=O)N(C)Cc2ccc3ccccc3c2)cc1. The van der Waals surface area contributed by atoms with Gasteiger partial charge in [-0.05, 0) is 53.9 Å². The first-order valence-corrected chi connectivity index (χ1v) is 10.3. The van der Waals surface area contributed by atoms with E-state index in [-0.39, 0.29) is 5.91 Å². The van der Waals surface area contributed by atoms with Crippen LogP contribution in [0.1, 0.15) is 28.1 Å². The molecule has 0 bridgehead atoms. The Balaban J connectivity index is 1.33. The summed E-state index contributed by atoms with van der Waals surface area (Å²) in [5, 5.41) is 6.33. The molecule has 5 heteroatoms. The van der Waals surface area contributed by atoms with E-state index in [0.717, 1.165) is 33.9 Å². The molecule has 0 saturated carbocycles. The maximum atomic E-state index is 12.7. The summed E-state index contributed by atoms with van der Waals surface area (Å²) in [5.74, 6) is 1.60. The van der Waals surface area contributed by atoms with E-state index in [1.165, 1.54) is 10.8 Å². The van der Waals surface area contributed by atoms with Crippen molar-refractivity contribution in [2.75, 3.05) is 7.05 Å².